The van der Waals surface area contributed by atoms with Crippen molar-refractivity contribution in [1.82, 2.24) is 14.1 Å². The topological polar surface area (TPSA) is 56.9 Å². The predicted molar refractivity (Wildman–Crippen MR) is 96.4 cm³/mol. The van der Waals surface area contributed by atoms with Gasteiger partial charge in [0.25, 0.3) is 5.56 Å². The van der Waals surface area contributed by atoms with E-state index in [2.05, 4.69) is 25.8 Å². The van der Waals surface area contributed by atoms with E-state index in [4.69, 9.17) is 0 Å². The van der Waals surface area contributed by atoms with Gasteiger partial charge >= 0.3 is 5.69 Å². The molecule has 0 radical (unpaired) electrons. The molecule has 0 spiro atoms. The Morgan fingerprint density at radius 1 is 1.22 bits per heavy atom. The Labute approximate surface area is 140 Å². The second-order valence-corrected chi connectivity index (χ2v) is 7.40. The summed E-state index contributed by atoms with van der Waals surface area (Å²) in [7, 11) is 3.19. The molecule has 2 aromatic rings. The third-order valence-corrected chi connectivity index (χ3v) is 5.15. The van der Waals surface area contributed by atoms with Gasteiger partial charge in [-0.3, -0.25) is 13.9 Å². The molecule has 0 aromatic carbocycles. The molecule has 0 amide bonds. The molecule has 0 saturated heterocycles. The van der Waals surface area contributed by atoms with Crippen LogP contribution in [0, 0.1) is 5.92 Å². The van der Waals surface area contributed by atoms with Crippen LogP contribution in [-0.4, -0.2) is 19.9 Å². The average Bonchev–Trinajstić information content (AvgIpc) is 2.51. The molecule has 2 rings (SSSR count). The lowest BCUT2D eigenvalue weighted by Crippen LogP contribution is -2.37. The minimum Gasteiger partial charge on any atom is -0.280 e. The zero-order valence-corrected chi connectivity index (χ0v) is 15.4. The van der Waals surface area contributed by atoms with Crippen molar-refractivity contribution in [3.8, 4) is 0 Å². The highest BCUT2D eigenvalue weighted by Gasteiger charge is 2.17. The molecule has 23 heavy (non-hydrogen) atoms. The maximum atomic E-state index is 12.7. The zero-order valence-electron chi connectivity index (χ0n) is 14.5. The number of aryl methyl sites for hydroxylation is 2. The van der Waals surface area contributed by atoms with E-state index in [0.717, 1.165) is 35.5 Å². The van der Waals surface area contributed by atoms with Crippen LogP contribution in [0.1, 0.15) is 39.2 Å². The Bertz CT molecular complexity index is 821. The van der Waals surface area contributed by atoms with Gasteiger partial charge in [0, 0.05) is 25.2 Å². The summed E-state index contributed by atoms with van der Waals surface area (Å²) in [5.41, 5.74) is 0.992. The van der Waals surface area contributed by atoms with Crippen LogP contribution in [0.4, 0.5) is 0 Å². The van der Waals surface area contributed by atoms with E-state index in [1.807, 2.05) is 6.20 Å². The largest absolute Gasteiger partial charge is 0.332 e. The van der Waals surface area contributed by atoms with Crippen molar-refractivity contribution >= 4 is 22.8 Å². The Hall–Kier alpha value is -1.56. The maximum Gasteiger partial charge on any atom is 0.332 e. The van der Waals surface area contributed by atoms with Crippen molar-refractivity contribution in [1.29, 1.82) is 0 Å². The van der Waals surface area contributed by atoms with Gasteiger partial charge in [-0.05, 0) is 30.1 Å². The van der Waals surface area contributed by atoms with Gasteiger partial charge in [-0.2, -0.15) is 0 Å². The number of hydrogen-bond acceptors (Lipinski definition) is 4. The van der Waals surface area contributed by atoms with Crippen LogP contribution in [0.5, 0.6) is 0 Å². The number of rotatable bonds is 6. The Morgan fingerprint density at radius 3 is 2.52 bits per heavy atom. The summed E-state index contributed by atoms with van der Waals surface area (Å²) in [5, 5.41) is 0.578. The van der Waals surface area contributed by atoms with Gasteiger partial charge < -0.3 is 0 Å². The van der Waals surface area contributed by atoms with Crippen molar-refractivity contribution in [3.63, 3.8) is 0 Å². The van der Waals surface area contributed by atoms with Gasteiger partial charge in [0.2, 0.25) is 0 Å². The van der Waals surface area contributed by atoms with Crippen LogP contribution in [0.3, 0.4) is 0 Å². The third kappa shape index (κ3) is 3.52. The number of hydrogen-bond donors (Lipinski definition) is 0. The van der Waals surface area contributed by atoms with E-state index in [1.165, 1.54) is 16.2 Å². The first-order chi connectivity index (χ1) is 10.9. The first kappa shape index (κ1) is 17.8. The summed E-state index contributed by atoms with van der Waals surface area (Å²) in [6.45, 7) is 6.51. The Morgan fingerprint density at radius 2 is 1.91 bits per heavy atom. The summed E-state index contributed by atoms with van der Waals surface area (Å²) in [5.74, 6) is 1.58. The van der Waals surface area contributed by atoms with Crippen LogP contribution in [0.2, 0.25) is 0 Å². The van der Waals surface area contributed by atoms with Crippen molar-refractivity contribution in [2.75, 3.05) is 5.75 Å². The lowest BCUT2D eigenvalue weighted by atomic mass is 10.1. The van der Waals surface area contributed by atoms with Gasteiger partial charge in [0.05, 0.1) is 5.39 Å². The van der Waals surface area contributed by atoms with E-state index >= 15 is 0 Å². The molecule has 126 valence electrons. The summed E-state index contributed by atoms with van der Waals surface area (Å²) in [4.78, 5) is 30.2. The minimum atomic E-state index is -0.337. The quantitative estimate of drug-likeness (QED) is 0.762. The molecule has 0 N–H and O–H groups in total. The minimum absolute atomic E-state index is 0.249. The van der Waals surface area contributed by atoms with Crippen molar-refractivity contribution in [2.45, 2.75) is 44.9 Å². The Kier molecular flexibility index (Phi) is 5.68. The fourth-order valence-electron chi connectivity index (χ4n) is 2.55. The number of thioether (sulfide) groups is 1. The van der Waals surface area contributed by atoms with Gasteiger partial charge in [0.1, 0.15) is 5.65 Å². The molecule has 2 aromatic heterocycles. The lowest BCUT2D eigenvalue weighted by Gasteiger charge is -2.14. The predicted octanol–water partition coefficient (Wildman–Crippen LogP) is 2.72. The van der Waals surface area contributed by atoms with Crippen LogP contribution < -0.4 is 11.2 Å². The number of aromatic nitrogens is 3. The highest BCUT2D eigenvalue weighted by Crippen LogP contribution is 2.30. The molecule has 2 heterocycles. The van der Waals surface area contributed by atoms with Crippen molar-refractivity contribution in [3.05, 3.63) is 32.6 Å². The van der Waals surface area contributed by atoms with Crippen LogP contribution in [-0.2, 0) is 20.5 Å². The molecular formula is C17H25N3O2S. The van der Waals surface area contributed by atoms with E-state index < -0.39 is 0 Å². The number of fused-ring (bicyclic) bond motifs is 1. The second kappa shape index (κ2) is 7.34. The summed E-state index contributed by atoms with van der Waals surface area (Å²) in [6, 6.07) is 0. The molecule has 5 nitrogen and oxygen atoms in total. The van der Waals surface area contributed by atoms with Crippen LogP contribution in [0.25, 0.3) is 11.0 Å². The molecule has 0 aliphatic rings. The fourth-order valence-corrected chi connectivity index (χ4v) is 4.01. The summed E-state index contributed by atoms with van der Waals surface area (Å²) >= 11 is 1.71. The van der Waals surface area contributed by atoms with Crippen molar-refractivity contribution in [2.24, 2.45) is 20.0 Å². The average molecular weight is 335 g/mol. The molecule has 0 aliphatic carbocycles. The number of pyridine rings is 1. The van der Waals surface area contributed by atoms with Gasteiger partial charge in [-0.25, -0.2) is 9.78 Å². The van der Waals surface area contributed by atoms with Crippen LogP contribution in [0.15, 0.2) is 20.7 Å². The van der Waals surface area contributed by atoms with E-state index in [0.29, 0.717) is 17.0 Å². The first-order valence-corrected chi connectivity index (χ1v) is 9.07. The van der Waals surface area contributed by atoms with E-state index in [-0.39, 0.29) is 11.2 Å². The molecule has 0 aliphatic heterocycles. The first-order valence-electron chi connectivity index (χ1n) is 8.08. The van der Waals surface area contributed by atoms with Gasteiger partial charge in [-0.15, -0.1) is 11.8 Å². The van der Waals surface area contributed by atoms with Gasteiger partial charge in [-0.1, -0.05) is 27.2 Å². The highest BCUT2D eigenvalue weighted by atomic mass is 32.2. The lowest BCUT2D eigenvalue weighted by molar-refractivity contribution is 0.632. The monoisotopic (exact) mass is 335 g/mol. The van der Waals surface area contributed by atoms with Crippen LogP contribution >= 0.6 is 11.8 Å². The van der Waals surface area contributed by atoms with E-state index in [1.54, 1.807) is 18.8 Å². The highest BCUT2D eigenvalue weighted by molar-refractivity contribution is 7.99. The fraction of sp³-hybridized carbons (Fsp3) is 0.588. The molecule has 0 unspecified atom stereocenters. The zero-order chi connectivity index (χ0) is 17.1. The smallest absolute Gasteiger partial charge is 0.280 e. The SMILES string of the molecule is CCCc1cnc2c(c1SCCC(C)C)c(=O)n(C)c(=O)n2C. The molecular weight excluding hydrogens is 310 g/mol. The molecule has 0 atom stereocenters. The standard InChI is InChI=1S/C17H25N3O2S/c1-6-7-12-10-18-15-13(14(12)23-9-8-11(2)3)16(21)20(5)17(22)19(15)4/h10-11H,6-9H2,1-5H3. The number of nitrogens with zero attached hydrogens (tertiary/aromatic N) is 3. The van der Waals surface area contributed by atoms with Gasteiger partial charge in [0.15, 0.2) is 0 Å². The molecule has 0 bridgehead atoms. The normalized spacial score (nSPS) is 11.6. The summed E-state index contributed by atoms with van der Waals surface area (Å²) in [6.07, 6.45) is 4.80. The molecule has 0 fully saturated rings. The Balaban J connectivity index is 2.70. The third-order valence-electron chi connectivity index (χ3n) is 3.96. The molecule has 6 heteroatoms. The van der Waals surface area contributed by atoms with E-state index in [9.17, 15) is 9.59 Å². The summed E-state index contributed by atoms with van der Waals surface area (Å²) < 4.78 is 2.63. The maximum absolute atomic E-state index is 12.7. The molecule has 0 saturated carbocycles. The van der Waals surface area contributed by atoms with Crippen molar-refractivity contribution < 1.29 is 0 Å². The second-order valence-electron chi connectivity index (χ2n) is 6.30.